The number of hydrogen-bond acceptors (Lipinski definition) is 5. The molecule has 0 saturated carbocycles. The summed E-state index contributed by atoms with van der Waals surface area (Å²) in [7, 11) is 1.30. The minimum atomic E-state index is -0.720. The summed E-state index contributed by atoms with van der Waals surface area (Å²) in [4.78, 5) is 25.5. The van der Waals surface area contributed by atoms with Crippen LogP contribution in [0.25, 0.3) is 0 Å². The highest BCUT2D eigenvalue weighted by atomic mass is 16.6. The zero-order chi connectivity index (χ0) is 15.5. The Bertz CT molecular complexity index is 389. The molecule has 1 rings (SSSR count). The van der Waals surface area contributed by atoms with E-state index in [-0.39, 0.29) is 18.5 Å². The molecule has 6 nitrogen and oxygen atoms in total. The topological polar surface area (TPSA) is 81.9 Å². The predicted octanol–water partition coefficient (Wildman–Crippen LogP) is 1.30. The number of esters is 1. The molecule has 0 spiro atoms. The highest BCUT2D eigenvalue weighted by Crippen LogP contribution is 2.29. The van der Waals surface area contributed by atoms with Gasteiger partial charge in [-0.1, -0.05) is 6.08 Å². The quantitative estimate of drug-likeness (QED) is 0.624. The van der Waals surface area contributed by atoms with Crippen molar-refractivity contribution in [3.8, 4) is 0 Å². The fourth-order valence-electron chi connectivity index (χ4n) is 2.37. The first kappa shape index (κ1) is 16.5. The average molecular weight is 284 g/mol. The minimum absolute atomic E-state index is 0.201. The molecule has 1 aliphatic heterocycles. The molecular formula is C14H24N2O4. The molecule has 2 N–H and O–H groups in total. The first-order valence-electron chi connectivity index (χ1n) is 6.65. The van der Waals surface area contributed by atoms with Gasteiger partial charge in [-0.15, -0.1) is 6.58 Å². The maximum absolute atomic E-state index is 12.2. The van der Waals surface area contributed by atoms with Gasteiger partial charge in [0.25, 0.3) is 0 Å². The third-order valence-corrected chi connectivity index (χ3v) is 3.21. The Balaban J connectivity index is 2.96. The molecule has 1 amide bonds. The van der Waals surface area contributed by atoms with E-state index in [1.54, 1.807) is 26.8 Å². The van der Waals surface area contributed by atoms with Gasteiger partial charge in [-0.25, -0.2) is 9.59 Å². The van der Waals surface area contributed by atoms with Crippen molar-refractivity contribution in [1.29, 1.82) is 0 Å². The van der Waals surface area contributed by atoms with Crippen molar-refractivity contribution in [3.05, 3.63) is 12.7 Å². The van der Waals surface area contributed by atoms with E-state index in [2.05, 4.69) is 6.58 Å². The number of nitrogens with two attached hydrogens (primary N) is 1. The van der Waals surface area contributed by atoms with E-state index in [0.29, 0.717) is 6.42 Å². The van der Waals surface area contributed by atoms with Crippen LogP contribution in [-0.2, 0) is 14.3 Å². The second-order valence-corrected chi connectivity index (χ2v) is 5.95. The molecule has 0 aromatic heterocycles. The van der Waals surface area contributed by atoms with Crippen LogP contribution < -0.4 is 5.73 Å². The van der Waals surface area contributed by atoms with Gasteiger partial charge in [0.05, 0.1) is 7.11 Å². The van der Waals surface area contributed by atoms with Crippen molar-refractivity contribution in [1.82, 2.24) is 4.90 Å². The van der Waals surface area contributed by atoms with Crippen LogP contribution in [0.4, 0.5) is 4.79 Å². The highest BCUT2D eigenvalue weighted by Gasteiger charge is 2.47. The van der Waals surface area contributed by atoms with Crippen LogP contribution in [0, 0.1) is 5.92 Å². The average Bonchev–Trinajstić information content (AvgIpc) is 2.65. The van der Waals surface area contributed by atoms with E-state index < -0.39 is 23.7 Å². The van der Waals surface area contributed by atoms with Crippen LogP contribution in [0.5, 0.6) is 0 Å². The van der Waals surface area contributed by atoms with Gasteiger partial charge in [0.15, 0.2) is 0 Å². The van der Waals surface area contributed by atoms with Gasteiger partial charge in [-0.2, -0.15) is 0 Å². The fraction of sp³-hybridized carbons (Fsp3) is 0.714. The second-order valence-electron chi connectivity index (χ2n) is 5.95. The third-order valence-electron chi connectivity index (χ3n) is 3.21. The lowest BCUT2D eigenvalue weighted by Crippen LogP contribution is -2.46. The number of hydrogen-bond donors (Lipinski definition) is 1. The number of allylic oxidation sites excluding steroid dienone is 1. The normalized spacial score (nSPS) is 26.2. The van der Waals surface area contributed by atoms with Crippen molar-refractivity contribution < 1.29 is 19.1 Å². The summed E-state index contributed by atoms with van der Waals surface area (Å²) in [6.45, 7) is 9.26. The molecule has 20 heavy (non-hydrogen) atoms. The standard InChI is InChI=1S/C14H24N2O4/c1-6-7-9-10(15)8-16(11(9)12(17)19-5)13(18)20-14(2,3)4/h6,9-11H,1,7-8,15H2,2-5H3. The lowest BCUT2D eigenvalue weighted by Gasteiger charge is -2.28. The van der Waals surface area contributed by atoms with E-state index in [9.17, 15) is 9.59 Å². The predicted molar refractivity (Wildman–Crippen MR) is 75.0 cm³/mol. The summed E-state index contributed by atoms with van der Waals surface area (Å²) < 4.78 is 10.1. The maximum atomic E-state index is 12.2. The second kappa shape index (κ2) is 6.26. The van der Waals surface area contributed by atoms with Crippen LogP contribution in [-0.4, -0.2) is 48.3 Å². The molecule has 0 aliphatic carbocycles. The largest absolute Gasteiger partial charge is 0.467 e. The molecule has 6 heteroatoms. The number of amides is 1. The zero-order valence-corrected chi connectivity index (χ0v) is 12.6. The van der Waals surface area contributed by atoms with Crippen molar-refractivity contribution in [2.75, 3.05) is 13.7 Å². The Labute approximate surface area is 119 Å². The van der Waals surface area contributed by atoms with E-state index in [4.69, 9.17) is 15.2 Å². The Morgan fingerprint density at radius 2 is 2.05 bits per heavy atom. The summed E-state index contributed by atoms with van der Waals surface area (Å²) in [6.07, 6.45) is 1.69. The van der Waals surface area contributed by atoms with Crippen LogP contribution in [0.1, 0.15) is 27.2 Å². The number of nitrogens with zero attached hydrogens (tertiary/aromatic N) is 1. The van der Waals surface area contributed by atoms with Crippen LogP contribution in [0.15, 0.2) is 12.7 Å². The summed E-state index contributed by atoms with van der Waals surface area (Å²) >= 11 is 0. The molecule has 1 heterocycles. The Kier molecular flexibility index (Phi) is 5.16. The zero-order valence-electron chi connectivity index (χ0n) is 12.6. The van der Waals surface area contributed by atoms with Crippen molar-refractivity contribution >= 4 is 12.1 Å². The van der Waals surface area contributed by atoms with Gasteiger partial charge in [0.1, 0.15) is 11.6 Å². The molecule has 114 valence electrons. The number of carbonyl (C=O) groups is 2. The molecule has 0 bridgehead atoms. The monoisotopic (exact) mass is 284 g/mol. The molecule has 0 aromatic carbocycles. The van der Waals surface area contributed by atoms with E-state index in [1.165, 1.54) is 12.0 Å². The SMILES string of the molecule is C=CCC1C(N)CN(C(=O)OC(C)(C)C)C1C(=O)OC. The first-order valence-corrected chi connectivity index (χ1v) is 6.65. The Morgan fingerprint density at radius 1 is 1.45 bits per heavy atom. The molecule has 3 unspecified atom stereocenters. The minimum Gasteiger partial charge on any atom is -0.467 e. The van der Waals surface area contributed by atoms with Gasteiger partial charge in [0.2, 0.25) is 0 Å². The van der Waals surface area contributed by atoms with E-state index in [0.717, 1.165) is 0 Å². The number of rotatable bonds is 3. The van der Waals surface area contributed by atoms with Gasteiger partial charge < -0.3 is 15.2 Å². The molecule has 1 fully saturated rings. The summed E-state index contributed by atoms with van der Waals surface area (Å²) in [5.74, 6) is -0.678. The molecule has 1 saturated heterocycles. The number of carbonyl (C=O) groups excluding carboxylic acids is 2. The summed E-state index contributed by atoms with van der Waals surface area (Å²) in [5, 5.41) is 0. The number of ether oxygens (including phenoxy) is 2. The van der Waals surface area contributed by atoms with E-state index >= 15 is 0 Å². The lowest BCUT2D eigenvalue weighted by atomic mass is 9.93. The molecule has 0 radical (unpaired) electrons. The first-order chi connectivity index (χ1) is 9.21. The Hall–Kier alpha value is -1.56. The summed E-state index contributed by atoms with van der Waals surface area (Å²) in [5.41, 5.74) is 5.41. The molecule has 0 aromatic rings. The van der Waals surface area contributed by atoms with Crippen molar-refractivity contribution in [2.24, 2.45) is 11.7 Å². The Morgan fingerprint density at radius 3 is 2.50 bits per heavy atom. The van der Waals surface area contributed by atoms with Crippen molar-refractivity contribution in [3.63, 3.8) is 0 Å². The molecular weight excluding hydrogens is 260 g/mol. The van der Waals surface area contributed by atoms with Crippen molar-refractivity contribution in [2.45, 2.75) is 44.9 Å². The summed E-state index contributed by atoms with van der Waals surface area (Å²) in [6, 6.07) is -1.02. The van der Waals surface area contributed by atoms with Gasteiger partial charge >= 0.3 is 12.1 Å². The number of likely N-dealkylation sites (tertiary alicyclic amines) is 1. The lowest BCUT2D eigenvalue weighted by molar-refractivity contribution is -0.147. The van der Waals surface area contributed by atoms with E-state index in [1.807, 2.05) is 0 Å². The van der Waals surface area contributed by atoms with Crippen LogP contribution >= 0.6 is 0 Å². The molecule has 1 aliphatic rings. The van der Waals surface area contributed by atoms with Gasteiger partial charge in [-0.05, 0) is 27.2 Å². The van der Waals surface area contributed by atoms with Gasteiger partial charge in [0, 0.05) is 18.5 Å². The van der Waals surface area contributed by atoms with Gasteiger partial charge in [-0.3, -0.25) is 4.90 Å². The molecule has 3 atom stereocenters. The number of methoxy groups -OCH3 is 1. The third kappa shape index (κ3) is 3.72. The highest BCUT2D eigenvalue weighted by molar-refractivity contribution is 5.83. The maximum Gasteiger partial charge on any atom is 0.411 e. The smallest absolute Gasteiger partial charge is 0.411 e. The fourth-order valence-corrected chi connectivity index (χ4v) is 2.37. The van der Waals surface area contributed by atoms with Crippen LogP contribution in [0.3, 0.4) is 0 Å². The van der Waals surface area contributed by atoms with Crippen LogP contribution in [0.2, 0.25) is 0 Å².